The lowest BCUT2D eigenvalue weighted by atomic mass is 9.98. The number of rotatable bonds is 2. The maximum atomic E-state index is 12.4. The molecule has 0 aromatic heterocycles. The number of hydrogen-bond donors (Lipinski definition) is 0. The first-order chi connectivity index (χ1) is 8.24. The molecule has 0 spiro atoms. The average molecular weight is 229 g/mol. The summed E-state index contributed by atoms with van der Waals surface area (Å²) in [4.78, 5) is 14.4. The molecule has 1 aromatic rings. The van der Waals surface area contributed by atoms with Crippen molar-refractivity contribution >= 4 is 5.91 Å². The van der Waals surface area contributed by atoms with Crippen molar-refractivity contribution in [3.63, 3.8) is 0 Å². The molecule has 1 aliphatic heterocycles. The largest absolute Gasteiger partial charge is 0.332 e. The van der Waals surface area contributed by atoms with Crippen LogP contribution in [0, 0.1) is 0 Å². The van der Waals surface area contributed by atoms with Gasteiger partial charge in [-0.05, 0) is 31.9 Å². The van der Waals surface area contributed by atoms with Gasteiger partial charge in [-0.3, -0.25) is 4.79 Å². The van der Waals surface area contributed by atoms with E-state index in [4.69, 9.17) is 0 Å². The third kappa shape index (κ3) is 2.41. The minimum absolute atomic E-state index is 0.150. The van der Waals surface area contributed by atoms with Gasteiger partial charge in [-0.1, -0.05) is 36.8 Å². The molecule has 0 saturated heterocycles. The summed E-state index contributed by atoms with van der Waals surface area (Å²) in [6, 6.07) is 9.78. The van der Waals surface area contributed by atoms with Crippen LogP contribution in [0.1, 0.15) is 37.0 Å². The smallest absolute Gasteiger partial charge is 0.254 e. The summed E-state index contributed by atoms with van der Waals surface area (Å²) in [5, 5.41) is 0. The summed E-state index contributed by atoms with van der Waals surface area (Å²) in [5.74, 6) is 0.150. The Hall–Kier alpha value is -1.57. The zero-order valence-corrected chi connectivity index (χ0v) is 10.5. The van der Waals surface area contributed by atoms with Gasteiger partial charge in [-0.15, -0.1) is 0 Å². The second kappa shape index (κ2) is 5.17. The molecule has 0 bridgehead atoms. The fraction of sp³-hybridized carbons (Fsp3) is 0.400. The van der Waals surface area contributed by atoms with Crippen LogP contribution >= 0.6 is 0 Å². The Morgan fingerprint density at radius 2 is 2.06 bits per heavy atom. The maximum Gasteiger partial charge on any atom is 0.254 e. The van der Waals surface area contributed by atoms with Crippen molar-refractivity contribution in [2.45, 2.75) is 32.7 Å². The summed E-state index contributed by atoms with van der Waals surface area (Å²) < 4.78 is 0. The molecule has 0 aliphatic carbocycles. The fourth-order valence-electron chi connectivity index (χ4n) is 2.42. The van der Waals surface area contributed by atoms with Crippen LogP contribution < -0.4 is 0 Å². The molecule has 1 heterocycles. The Morgan fingerprint density at radius 3 is 2.71 bits per heavy atom. The molecular weight excluding hydrogens is 210 g/mol. The van der Waals surface area contributed by atoms with E-state index in [1.807, 2.05) is 35.2 Å². The van der Waals surface area contributed by atoms with Crippen molar-refractivity contribution in [1.82, 2.24) is 4.90 Å². The lowest BCUT2D eigenvalue weighted by Crippen LogP contribution is -2.42. The van der Waals surface area contributed by atoms with Gasteiger partial charge < -0.3 is 4.90 Å². The van der Waals surface area contributed by atoms with Crippen LogP contribution in [0.2, 0.25) is 0 Å². The standard InChI is InChI=1S/C15H19NO/c1-3-13-10-7-11-16(12(13)2)15(17)14-8-5-4-6-9-14/h4-6,8-10,12H,3,7,11H2,1-2H3. The van der Waals surface area contributed by atoms with Crippen LogP contribution in [0.25, 0.3) is 0 Å². The highest BCUT2D eigenvalue weighted by molar-refractivity contribution is 5.94. The minimum Gasteiger partial charge on any atom is -0.332 e. The van der Waals surface area contributed by atoms with Gasteiger partial charge in [0.15, 0.2) is 0 Å². The van der Waals surface area contributed by atoms with Crippen LogP contribution in [0.4, 0.5) is 0 Å². The molecule has 1 aromatic carbocycles. The zero-order valence-electron chi connectivity index (χ0n) is 10.5. The molecule has 17 heavy (non-hydrogen) atoms. The van der Waals surface area contributed by atoms with Crippen molar-refractivity contribution in [2.24, 2.45) is 0 Å². The van der Waals surface area contributed by atoms with Crippen molar-refractivity contribution in [3.8, 4) is 0 Å². The van der Waals surface area contributed by atoms with Crippen molar-refractivity contribution in [3.05, 3.63) is 47.5 Å². The molecule has 0 saturated carbocycles. The van der Waals surface area contributed by atoms with E-state index in [1.165, 1.54) is 5.57 Å². The van der Waals surface area contributed by atoms with E-state index in [1.54, 1.807) is 0 Å². The van der Waals surface area contributed by atoms with Gasteiger partial charge in [0.05, 0.1) is 6.04 Å². The van der Waals surface area contributed by atoms with Crippen molar-refractivity contribution < 1.29 is 4.79 Å². The SMILES string of the molecule is CCC1=CCCN(C(=O)c2ccccc2)C1C. The van der Waals surface area contributed by atoms with Crippen LogP contribution in [0.15, 0.2) is 42.0 Å². The van der Waals surface area contributed by atoms with Gasteiger partial charge in [0.1, 0.15) is 0 Å². The van der Waals surface area contributed by atoms with Gasteiger partial charge in [0.2, 0.25) is 0 Å². The molecule has 1 aliphatic rings. The topological polar surface area (TPSA) is 20.3 Å². The summed E-state index contributed by atoms with van der Waals surface area (Å²) in [5.41, 5.74) is 2.16. The van der Waals surface area contributed by atoms with E-state index in [9.17, 15) is 4.79 Å². The first-order valence-electron chi connectivity index (χ1n) is 6.29. The molecule has 0 radical (unpaired) electrons. The number of carbonyl (C=O) groups is 1. The Kier molecular flexibility index (Phi) is 3.62. The molecule has 2 heteroatoms. The molecule has 1 unspecified atom stereocenters. The highest BCUT2D eigenvalue weighted by atomic mass is 16.2. The Bertz CT molecular complexity index is 422. The minimum atomic E-state index is 0.150. The van der Waals surface area contributed by atoms with Gasteiger partial charge in [0, 0.05) is 12.1 Å². The molecule has 2 rings (SSSR count). The Balaban J connectivity index is 2.19. The number of nitrogens with zero attached hydrogens (tertiary/aromatic N) is 1. The first kappa shape index (κ1) is 11.9. The van der Waals surface area contributed by atoms with Crippen LogP contribution in [0.3, 0.4) is 0 Å². The summed E-state index contributed by atoms with van der Waals surface area (Å²) >= 11 is 0. The van der Waals surface area contributed by atoms with Gasteiger partial charge in [-0.25, -0.2) is 0 Å². The van der Waals surface area contributed by atoms with Gasteiger partial charge in [-0.2, -0.15) is 0 Å². The highest BCUT2D eigenvalue weighted by Crippen LogP contribution is 2.22. The predicted molar refractivity (Wildman–Crippen MR) is 69.9 cm³/mol. The van der Waals surface area contributed by atoms with Crippen LogP contribution in [-0.4, -0.2) is 23.4 Å². The second-order valence-corrected chi connectivity index (χ2v) is 4.46. The lowest BCUT2D eigenvalue weighted by Gasteiger charge is -2.34. The van der Waals surface area contributed by atoms with E-state index >= 15 is 0 Å². The molecule has 1 atom stereocenters. The maximum absolute atomic E-state index is 12.4. The highest BCUT2D eigenvalue weighted by Gasteiger charge is 2.25. The first-order valence-corrected chi connectivity index (χ1v) is 6.29. The van der Waals surface area contributed by atoms with E-state index in [-0.39, 0.29) is 11.9 Å². The summed E-state index contributed by atoms with van der Waals surface area (Å²) in [7, 11) is 0. The lowest BCUT2D eigenvalue weighted by molar-refractivity contribution is 0.0707. The summed E-state index contributed by atoms with van der Waals surface area (Å²) in [6.07, 6.45) is 4.28. The van der Waals surface area contributed by atoms with E-state index in [2.05, 4.69) is 19.9 Å². The van der Waals surface area contributed by atoms with Crippen LogP contribution in [-0.2, 0) is 0 Å². The summed E-state index contributed by atoms with van der Waals surface area (Å²) in [6.45, 7) is 5.10. The molecule has 90 valence electrons. The Morgan fingerprint density at radius 1 is 1.35 bits per heavy atom. The third-order valence-electron chi connectivity index (χ3n) is 3.47. The molecule has 1 amide bonds. The monoisotopic (exact) mass is 229 g/mol. The third-order valence-corrected chi connectivity index (χ3v) is 3.47. The number of amides is 1. The number of benzene rings is 1. The molecule has 0 fully saturated rings. The fourth-order valence-corrected chi connectivity index (χ4v) is 2.42. The zero-order chi connectivity index (χ0) is 12.3. The van der Waals surface area contributed by atoms with Gasteiger partial charge in [0.25, 0.3) is 5.91 Å². The number of hydrogen-bond acceptors (Lipinski definition) is 1. The quantitative estimate of drug-likeness (QED) is 0.713. The average Bonchev–Trinajstić information content (AvgIpc) is 2.39. The van der Waals surface area contributed by atoms with Crippen LogP contribution in [0.5, 0.6) is 0 Å². The Labute approximate surface area is 103 Å². The van der Waals surface area contributed by atoms with E-state index in [0.29, 0.717) is 0 Å². The van der Waals surface area contributed by atoms with E-state index < -0.39 is 0 Å². The van der Waals surface area contributed by atoms with Gasteiger partial charge >= 0.3 is 0 Å². The normalized spacial score (nSPS) is 20.0. The van der Waals surface area contributed by atoms with Crippen molar-refractivity contribution in [1.29, 1.82) is 0 Å². The predicted octanol–water partition coefficient (Wildman–Crippen LogP) is 3.26. The second-order valence-electron chi connectivity index (χ2n) is 4.46. The molecule has 2 nitrogen and oxygen atoms in total. The molecule has 0 N–H and O–H groups in total. The van der Waals surface area contributed by atoms with E-state index in [0.717, 1.165) is 24.9 Å². The molecular formula is C15H19NO. The number of carbonyl (C=O) groups excluding carboxylic acids is 1. The van der Waals surface area contributed by atoms with Crippen molar-refractivity contribution in [2.75, 3.05) is 6.54 Å².